The molecule has 132 valence electrons. The summed E-state index contributed by atoms with van der Waals surface area (Å²) in [6, 6.07) is 0. The number of carboxylic acid groups (broad SMARTS) is 1. The monoisotopic (exact) mass is 317 g/mol. The highest BCUT2D eigenvalue weighted by Crippen LogP contribution is 2.19. The number of aliphatic hydroxyl groups is 2. The van der Waals surface area contributed by atoms with E-state index >= 15 is 0 Å². The van der Waals surface area contributed by atoms with E-state index in [1.54, 1.807) is 6.92 Å². The molecule has 0 aliphatic rings. The molecular weight excluding hydrogens is 282 g/mol. The number of aliphatic carboxylic acids is 1. The number of aliphatic hydroxyl groups excluding tert-OH is 2. The van der Waals surface area contributed by atoms with Crippen molar-refractivity contribution in [3.63, 3.8) is 0 Å². The van der Waals surface area contributed by atoms with Crippen LogP contribution in [0.5, 0.6) is 0 Å². The zero-order chi connectivity index (χ0) is 17.3. The van der Waals surface area contributed by atoms with Crippen LogP contribution in [-0.4, -0.2) is 52.1 Å². The van der Waals surface area contributed by atoms with E-state index in [1.165, 1.54) is 0 Å². The van der Waals surface area contributed by atoms with Gasteiger partial charge < -0.3 is 15.3 Å². The van der Waals surface area contributed by atoms with Gasteiger partial charge in [0.05, 0.1) is 12.0 Å². The summed E-state index contributed by atoms with van der Waals surface area (Å²) in [5.74, 6) is -0.756. The van der Waals surface area contributed by atoms with E-state index in [1.807, 2.05) is 25.8 Å². The van der Waals surface area contributed by atoms with Crippen molar-refractivity contribution in [2.24, 2.45) is 17.8 Å². The van der Waals surface area contributed by atoms with Gasteiger partial charge in [-0.3, -0.25) is 9.69 Å². The zero-order valence-electron chi connectivity index (χ0n) is 14.8. The molecule has 3 unspecified atom stereocenters. The summed E-state index contributed by atoms with van der Waals surface area (Å²) in [7, 11) is 1.87. The van der Waals surface area contributed by atoms with Crippen LogP contribution in [0.25, 0.3) is 0 Å². The van der Waals surface area contributed by atoms with E-state index in [-0.39, 0.29) is 17.8 Å². The molecule has 0 bridgehead atoms. The predicted molar refractivity (Wildman–Crippen MR) is 88.5 cm³/mol. The second-order valence-electron chi connectivity index (χ2n) is 6.92. The summed E-state index contributed by atoms with van der Waals surface area (Å²) in [5.41, 5.74) is 0. The molecule has 0 aliphatic heterocycles. The predicted octanol–water partition coefficient (Wildman–Crippen LogP) is 2.56. The molecule has 0 aromatic heterocycles. The highest BCUT2D eigenvalue weighted by Gasteiger charge is 2.21. The van der Waals surface area contributed by atoms with Crippen LogP contribution in [0.2, 0.25) is 0 Å². The molecule has 0 amide bonds. The van der Waals surface area contributed by atoms with Crippen molar-refractivity contribution >= 4 is 5.97 Å². The SMILES string of the molecule is CCC[C@H](C)C(O)N(C)CCC(O)C[C@@H](C)CC(C)C(=O)O. The van der Waals surface area contributed by atoms with Crippen molar-refractivity contribution in [2.75, 3.05) is 13.6 Å². The molecule has 0 radical (unpaired) electrons. The molecule has 0 fully saturated rings. The third-order valence-electron chi connectivity index (χ3n) is 4.37. The van der Waals surface area contributed by atoms with E-state index in [4.69, 9.17) is 5.11 Å². The van der Waals surface area contributed by atoms with Crippen LogP contribution in [0.1, 0.15) is 59.8 Å². The van der Waals surface area contributed by atoms with Crippen molar-refractivity contribution in [2.45, 2.75) is 72.1 Å². The summed E-state index contributed by atoms with van der Waals surface area (Å²) in [4.78, 5) is 12.7. The molecule has 0 saturated carbocycles. The number of carbonyl (C=O) groups is 1. The smallest absolute Gasteiger partial charge is 0.306 e. The fourth-order valence-electron chi connectivity index (χ4n) is 2.91. The van der Waals surface area contributed by atoms with Gasteiger partial charge in [0.2, 0.25) is 0 Å². The lowest BCUT2D eigenvalue weighted by atomic mass is 9.92. The van der Waals surface area contributed by atoms with E-state index in [0.29, 0.717) is 25.8 Å². The molecule has 0 rings (SSSR count). The fraction of sp³-hybridized carbons (Fsp3) is 0.941. The molecule has 0 saturated heterocycles. The van der Waals surface area contributed by atoms with Crippen LogP contribution >= 0.6 is 0 Å². The van der Waals surface area contributed by atoms with Crippen LogP contribution in [0, 0.1) is 17.8 Å². The van der Waals surface area contributed by atoms with Crippen LogP contribution in [0.3, 0.4) is 0 Å². The highest BCUT2D eigenvalue weighted by atomic mass is 16.4. The van der Waals surface area contributed by atoms with Gasteiger partial charge in [-0.05, 0) is 44.6 Å². The van der Waals surface area contributed by atoms with Crippen LogP contribution in [0.4, 0.5) is 0 Å². The Bertz CT molecular complexity index is 311. The Morgan fingerprint density at radius 3 is 2.18 bits per heavy atom. The van der Waals surface area contributed by atoms with Crippen LogP contribution < -0.4 is 0 Å². The Kier molecular flexibility index (Phi) is 10.6. The number of carboxylic acids is 1. The summed E-state index contributed by atoms with van der Waals surface area (Å²) in [6.45, 7) is 8.45. The van der Waals surface area contributed by atoms with E-state index in [2.05, 4.69) is 6.92 Å². The molecule has 0 aliphatic carbocycles. The van der Waals surface area contributed by atoms with Gasteiger partial charge in [-0.2, -0.15) is 0 Å². The third kappa shape index (κ3) is 8.71. The van der Waals surface area contributed by atoms with E-state index in [9.17, 15) is 15.0 Å². The molecule has 0 aromatic carbocycles. The molecule has 5 nitrogen and oxygen atoms in total. The minimum Gasteiger partial charge on any atom is -0.481 e. The van der Waals surface area contributed by atoms with Gasteiger partial charge in [0, 0.05) is 6.54 Å². The Hall–Kier alpha value is -0.650. The minimum atomic E-state index is -0.783. The van der Waals surface area contributed by atoms with Crippen molar-refractivity contribution in [1.29, 1.82) is 0 Å². The van der Waals surface area contributed by atoms with Gasteiger partial charge in [-0.15, -0.1) is 0 Å². The first-order chi connectivity index (χ1) is 10.2. The van der Waals surface area contributed by atoms with Crippen molar-refractivity contribution in [3.05, 3.63) is 0 Å². The molecule has 3 N–H and O–H groups in total. The quantitative estimate of drug-likeness (QED) is 0.482. The van der Waals surface area contributed by atoms with Crippen molar-refractivity contribution in [3.8, 4) is 0 Å². The van der Waals surface area contributed by atoms with Crippen molar-refractivity contribution < 1.29 is 20.1 Å². The maximum absolute atomic E-state index is 10.8. The van der Waals surface area contributed by atoms with Crippen LogP contribution in [0.15, 0.2) is 0 Å². The van der Waals surface area contributed by atoms with Gasteiger partial charge in [0.25, 0.3) is 0 Å². The van der Waals surface area contributed by atoms with E-state index in [0.717, 1.165) is 12.8 Å². The molecule has 5 heteroatoms. The first-order valence-electron chi connectivity index (χ1n) is 8.48. The first-order valence-corrected chi connectivity index (χ1v) is 8.48. The van der Waals surface area contributed by atoms with Gasteiger partial charge in [0.15, 0.2) is 0 Å². The third-order valence-corrected chi connectivity index (χ3v) is 4.37. The Morgan fingerprint density at radius 2 is 1.68 bits per heavy atom. The van der Waals surface area contributed by atoms with Gasteiger partial charge >= 0.3 is 5.97 Å². The maximum Gasteiger partial charge on any atom is 0.306 e. The largest absolute Gasteiger partial charge is 0.481 e. The van der Waals surface area contributed by atoms with E-state index < -0.39 is 18.3 Å². The fourth-order valence-corrected chi connectivity index (χ4v) is 2.91. The Labute approximate surface area is 135 Å². The minimum absolute atomic E-state index is 0.176. The average molecular weight is 317 g/mol. The first kappa shape index (κ1) is 21.4. The number of rotatable bonds is 12. The summed E-state index contributed by atoms with van der Waals surface area (Å²) < 4.78 is 0. The molecular formula is C17H35NO4. The van der Waals surface area contributed by atoms with Gasteiger partial charge in [-0.1, -0.05) is 34.1 Å². The lowest BCUT2D eigenvalue weighted by molar-refractivity contribution is -0.141. The van der Waals surface area contributed by atoms with Crippen molar-refractivity contribution in [1.82, 2.24) is 4.90 Å². The summed E-state index contributed by atoms with van der Waals surface area (Å²) >= 11 is 0. The van der Waals surface area contributed by atoms with Crippen LogP contribution in [-0.2, 0) is 4.79 Å². The molecule has 22 heavy (non-hydrogen) atoms. The standard InChI is InChI=1S/C17H35NO4/c1-6-7-13(3)16(20)18(5)9-8-15(19)11-12(2)10-14(4)17(21)22/h12-16,19-20H,6-11H2,1-5H3,(H,21,22)/t12-,13-,14?,15?,16?/m0/s1. The van der Waals surface area contributed by atoms with Gasteiger partial charge in [-0.25, -0.2) is 0 Å². The topological polar surface area (TPSA) is 81.0 Å². The normalized spacial score (nSPS) is 18.7. The number of hydrogen-bond donors (Lipinski definition) is 3. The van der Waals surface area contributed by atoms with Gasteiger partial charge in [0.1, 0.15) is 6.23 Å². The number of hydrogen-bond acceptors (Lipinski definition) is 4. The Morgan fingerprint density at radius 1 is 1.09 bits per heavy atom. The molecule has 0 heterocycles. The lowest BCUT2D eigenvalue weighted by Crippen LogP contribution is -2.38. The molecule has 0 aromatic rings. The molecule has 5 atom stereocenters. The molecule has 0 spiro atoms. The highest BCUT2D eigenvalue weighted by molar-refractivity contribution is 5.69. The second kappa shape index (κ2) is 11.0. The number of nitrogens with zero attached hydrogens (tertiary/aromatic N) is 1. The summed E-state index contributed by atoms with van der Waals surface area (Å²) in [6.07, 6.45) is 2.89. The lowest BCUT2D eigenvalue weighted by Gasteiger charge is -2.29. The average Bonchev–Trinajstić information content (AvgIpc) is 2.43. The maximum atomic E-state index is 10.8. The summed E-state index contributed by atoms with van der Waals surface area (Å²) in [5, 5.41) is 29.2. The second-order valence-corrected chi connectivity index (χ2v) is 6.92. The Balaban J connectivity index is 4.06. The zero-order valence-corrected chi connectivity index (χ0v) is 14.8.